The van der Waals surface area contributed by atoms with Crippen LogP contribution >= 0.6 is 37.2 Å². The van der Waals surface area contributed by atoms with Gasteiger partial charge in [0.1, 0.15) is 0 Å². The summed E-state index contributed by atoms with van der Waals surface area (Å²) in [6.07, 6.45) is 2.18. The van der Waals surface area contributed by atoms with Crippen molar-refractivity contribution in [1.82, 2.24) is 0 Å². The Balaban J connectivity index is 0.000000272. The molecule has 0 bridgehead atoms. The Labute approximate surface area is 241 Å². The maximum Gasteiger partial charge on any atom is 0.318 e. The van der Waals surface area contributed by atoms with Gasteiger partial charge in [-0.1, -0.05) is 53.2 Å². The van der Waals surface area contributed by atoms with Gasteiger partial charge in [-0.25, -0.2) is 0 Å². The zero-order valence-electron chi connectivity index (χ0n) is 22.8. The lowest BCUT2D eigenvalue weighted by Crippen LogP contribution is -2.14. The number of ether oxygens (including phenoxy) is 2. The first-order chi connectivity index (χ1) is 16.8. The maximum absolute atomic E-state index is 11.6. The fraction of sp³-hybridized carbons (Fsp3) is 0.731. The van der Waals surface area contributed by atoms with E-state index in [1.807, 2.05) is 20.8 Å². The minimum atomic E-state index is -1.01. The van der Waals surface area contributed by atoms with Crippen molar-refractivity contribution in [1.29, 1.82) is 0 Å². The molecule has 11 heteroatoms. The molecule has 0 amide bonds. The molecule has 4 aliphatic rings. The Hall–Kier alpha value is -1.25. The third kappa shape index (κ3) is 7.24. The Morgan fingerprint density at radius 2 is 1.24 bits per heavy atom. The normalized spacial score (nSPS) is 31.6. The van der Waals surface area contributed by atoms with Crippen molar-refractivity contribution in [3.63, 3.8) is 0 Å². The van der Waals surface area contributed by atoms with Gasteiger partial charge in [0.15, 0.2) is 0 Å². The number of carbonyl (C=O) groups is 5. The lowest BCUT2D eigenvalue weighted by atomic mass is 10.1. The number of esters is 3. The van der Waals surface area contributed by atoms with Gasteiger partial charge in [-0.2, -0.15) is 0 Å². The van der Waals surface area contributed by atoms with Crippen LogP contribution in [0.1, 0.15) is 62.3 Å². The fourth-order valence-electron chi connectivity index (χ4n) is 5.33. The molecule has 0 aromatic carbocycles. The zero-order chi connectivity index (χ0) is 29.3. The van der Waals surface area contributed by atoms with E-state index in [9.17, 15) is 24.0 Å². The van der Waals surface area contributed by atoms with Crippen LogP contribution in [-0.2, 0) is 33.4 Å². The fourth-order valence-corrected chi connectivity index (χ4v) is 5.33. The Kier molecular flexibility index (Phi) is 11.2. The smallest absolute Gasteiger partial charge is 0.318 e. The van der Waals surface area contributed by atoms with Crippen molar-refractivity contribution < 1.29 is 43.7 Å². The van der Waals surface area contributed by atoms with Crippen LogP contribution in [0.15, 0.2) is 11.6 Å². The molecule has 0 aromatic heterocycles. The Morgan fingerprint density at radius 1 is 0.838 bits per heavy atom. The number of carboxylic acid groups (broad SMARTS) is 2. The van der Waals surface area contributed by atoms with Crippen LogP contribution in [0, 0.1) is 51.8 Å². The zero-order valence-corrected chi connectivity index (χ0v) is 27.1. The summed E-state index contributed by atoms with van der Waals surface area (Å²) in [5.41, 5.74) is 0.669. The summed E-state index contributed by atoms with van der Waals surface area (Å²) >= 11 is 4.24. The maximum atomic E-state index is 11.6. The standard InChI is InChI=1S/C12H20O2.C7H10O4.C7H8O3.I2/c1-6-14-11(13)10-9(7-8(2)3)12(10,4)5;1-7(2)3(5(8)9)4(7)6(10)11;1-7(2)3-4(7)6(9)10-5(3)8;1-2/h7,9-10H,6H2,1-5H3;3-4H,1-2H3,(H,8,9)(H,10,11);3-4H,1-2H3;/t;;3-,4+;. The number of hydrogen-bond donors (Lipinski definition) is 2. The van der Waals surface area contributed by atoms with Gasteiger partial charge in [-0.15, -0.1) is 0 Å². The highest BCUT2D eigenvalue weighted by molar-refractivity contribution is 15.0. The molecule has 4 rings (SSSR count). The highest BCUT2D eigenvalue weighted by atomic mass is 128. The molecule has 0 radical (unpaired) electrons. The molecule has 4 fully saturated rings. The summed E-state index contributed by atoms with van der Waals surface area (Å²) in [4.78, 5) is 54.0. The molecule has 210 valence electrons. The van der Waals surface area contributed by atoms with Gasteiger partial charge in [-0.05, 0) is 42.9 Å². The number of fused-ring (bicyclic) bond motifs is 1. The molecule has 37 heavy (non-hydrogen) atoms. The second-order valence-corrected chi connectivity index (χ2v) is 11.8. The first kappa shape index (κ1) is 33.8. The Morgan fingerprint density at radius 3 is 1.49 bits per heavy atom. The van der Waals surface area contributed by atoms with Crippen LogP contribution in [0.2, 0.25) is 0 Å². The third-order valence-corrected chi connectivity index (χ3v) is 7.86. The van der Waals surface area contributed by atoms with Crippen molar-refractivity contribution in [2.45, 2.75) is 62.3 Å². The number of hydrogen-bond acceptors (Lipinski definition) is 7. The lowest BCUT2D eigenvalue weighted by molar-refractivity contribution is -0.157. The van der Waals surface area contributed by atoms with Gasteiger partial charge in [0.25, 0.3) is 0 Å². The number of aliphatic carboxylic acids is 2. The number of carboxylic acids is 2. The van der Waals surface area contributed by atoms with E-state index in [1.54, 1.807) is 13.8 Å². The molecule has 3 aliphatic carbocycles. The predicted molar refractivity (Wildman–Crippen MR) is 153 cm³/mol. The summed E-state index contributed by atoms with van der Waals surface area (Å²) in [7, 11) is 0. The van der Waals surface area contributed by atoms with Crippen LogP contribution in [0.25, 0.3) is 0 Å². The van der Waals surface area contributed by atoms with E-state index in [1.165, 1.54) is 5.57 Å². The summed E-state index contributed by atoms with van der Waals surface area (Å²) in [5, 5.41) is 17.1. The summed E-state index contributed by atoms with van der Waals surface area (Å²) in [6.45, 7) is 17.9. The summed E-state index contributed by atoms with van der Waals surface area (Å²) in [5.74, 6) is -3.99. The third-order valence-electron chi connectivity index (χ3n) is 7.86. The van der Waals surface area contributed by atoms with Gasteiger partial charge in [0.2, 0.25) is 0 Å². The van der Waals surface area contributed by atoms with E-state index < -0.39 is 29.2 Å². The van der Waals surface area contributed by atoms with Gasteiger partial charge >= 0.3 is 29.8 Å². The van der Waals surface area contributed by atoms with Crippen LogP contribution in [0.5, 0.6) is 0 Å². The quantitative estimate of drug-likeness (QED) is 0.165. The first-order valence-electron chi connectivity index (χ1n) is 12.0. The van der Waals surface area contributed by atoms with E-state index in [0.29, 0.717) is 12.5 Å². The van der Waals surface area contributed by atoms with E-state index in [0.717, 1.165) is 0 Å². The average molecular weight is 748 g/mol. The molecule has 1 saturated heterocycles. The molecule has 3 saturated carbocycles. The number of cyclic esters (lactones) is 2. The van der Waals surface area contributed by atoms with Crippen LogP contribution < -0.4 is 0 Å². The van der Waals surface area contributed by atoms with E-state index in [2.05, 4.69) is 75.7 Å². The van der Waals surface area contributed by atoms with Crippen molar-refractivity contribution in [3.8, 4) is 0 Å². The van der Waals surface area contributed by atoms with Crippen LogP contribution in [0.3, 0.4) is 0 Å². The van der Waals surface area contributed by atoms with Crippen LogP contribution in [0.4, 0.5) is 0 Å². The SMILES string of the molecule is CC1(C)C(C(=O)O)C1C(=O)O.CC1(C)[C@@H]2C(=O)OC(=O)[C@@H]21.CCOC(=O)C1C(C=C(C)C)C1(C)C.II. The molecular weight excluding hydrogens is 710 g/mol. The summed E-state index contributed by atoms with van der Waals surface area (Å²) in [6, 6.07) is 0. The first-order valence-corrected chi connectivity index (χ1v) is 18.3. The van der Waals surface area contributed by atoms with E-state index >= 15 is 0 Å². The topological polar surface area (TPSA) is 144 Å². The molecule has 2 N–H and O–H groups in total. The van der Waals surface area contributed by atoms with Gasteiger partial charge < -0.3 is 19.7 Å². The van der Waals surface area contributed by atoms with Crippen molar-refractivity contribution >= 4 is 67.1 Å². The molecule has 0 spiro atoms. The molecular formula is C26H38I2O9. The molecule has 6 atom stereocenters. The molecule has 4 unspecified atom stereocenters. The van der Waals surface area contributed by atoms with Crippen LogP contribution in [-0.4, -0.2) is 46.7 Å². The Bertz CT molecular complexity index is 919. The molecule has 9 nitrogen and oxygen atoms in total. The van der Waals surface area contributed by atoms with Gasteiger partial charge in [-0.3, -0.25) is 24.0 Å². The monoisotopic (exact) mass is 748 g/mol. The summed E-state index contributed by atoms with van der Waals surface area (Å²) < 4.78 is 9.43. The van der Waals surface area contributed by atoms with E-state index in [-0.39, 0.29) is 46.5 Å². The minimum absolute atomic E-state index is 0.0417. The molecule has 0 aromatic rings. The van der Waals surface area contributed by atoms with Crippen molar-refractivity contribution in [3.05, 3.63) is 11.6 Å². The average Bonchev–Trinajstić information content (AvgIpc) is 3.61. The van der Waals surface area contributed by atoms with Gasteiger partial charge in [0, 0.05) is 37.2 Å². The number of rotatable bonds is 5. The van der Waals surface area contributed by atoms with E-state index in [4.69, 9.17) is 14.9 Å². The second-order valence-electron chi connectivity index (χ2n) is 11.8. The number of allylic oxidation sites excluding steroid dienone is 2. The molecule has 1 aliphatic heterocycles. The number of carbonyl (C=O) groups excluding carboxylic acids is 3. The lowest BCUT2D eigenvalue weighted by Gasteiger charge is -2.04. The highest BCUT2D eigenvalue weighted by Gasteiger charge is 2.72. The van der Waals surface area contributed by atoms with Crippen molar-refractivity contribution in [2.75, 3.05) is 6.61 Å². The second kappa shape index (κ2) is 12.3. The minimum Gasteiger partial charge on any atom is -0.481 e. The predicted octanol–water partition coefficient (Wildman–Crippen LogP) is 5.33. The van der Waals surface area contributed by atoms with Gasteiger partial charge in [0.05, 0.1) is 36.2 Å². The highest BCUT2D eigenvalue weighted by Crippen LogP contribution is 2.62. The molecule has 1 heterocycles. The number of halogens is 2. The van der Waals surface area contributed by atoms with Crippen molar-refractivity contribution in [2.24, 2.45) is 51.8 Å². The largest absolute Gasteiger partial charge is 0.481 e.